The number of alkyl halides is 1. The van der Waals surface area contributed by atoms with E-state index in [-0.39, 0.29) is 12.0 Å². The van der Waals surface area contributed by atoms with E-state index < -0.39 is 101 Å². The molecular weight excluding hydrogens is 564 g/mol. The number of esters is 5. The summed E-state index contributed by atoms with van der Waals surface area (Å²) in [6.07, 6.45) is -9.70. The standard InChI is InChI=1S/C28H35ClO12/c1-10-9-17(36-13(4)30)22(37-14(5)31)27(8)18(10)23(38-15(6)32)28-12(3)26(35)40-24(28)19(29)11(2)21(41-28)20(34)25(27)39-16(7)33/h12,17-25,34H,1-2,9H2,3-8H3/t12-,17-,18+,19-,20+,21-,22-,23-,24-,25-,27+,28+/m0/s1. The van der Waals surface area contributed by atoms with E-state index in [9.17, 15) is 29.1 Å². The molecule has 12 nitrogen and oxygen atoms in total. The summed E-state index contributed by atoms with van der Waals surface area (Å²) >= 11 is 6.80. The second-order valence-electron chi connectivity index (χ2n) is 11.4. The van der Waals surface area contributed by atoms with Crippen molar-refractivity contribution in [2.75, 3.05) is 0 Å². The fraction of sp³-hybridized carbons (Fsp3) is 0.679. The van der Waals surface area contributed by atoms with E-state index in [1.54, 1.807) is 6.92 Å². The van der Waals surface area contributed by atoms with Crippen LogP contribution in [0.15, 0.2) is 24.3 Å². The molecule has 12 atom stereocenters. The zero-order chi connectivity index (χ0) is 30.8. The van der Waals surface area contributed by atoms with Crippen LogP contribution >= 0.6 is 11.6 Å². The molecule has 4 aliphatic rings. The van der Waals surface area contributed by atoms with Gasteiger partial charge in [0.2, 0.25) is 0 Å². The average molecular weight is 599 g/mol. The molecule has 226 valence electrons. The van der Waals surface area contributed by atoms with Crippen LogP contribution in [-0.2, 0) is 52.4 Å². The number of rotatable bonds is 4. The second kappa shape index (κ2) is 10.7. The van der Waals surface area contributed by atoms with Gasteiger partial charge in [-0.1, -0.05) is 25.7 Å². The maximum atomic E-state index is 13.1. The smallest absolute Gasteiger partial charge is 0.312 e. The molecule has 0 amide bonds. The van der Waals surface area contributed by atoms with E-state index in [0.29, 0.717) is 5.57 Å². The molecule has 4 fully saturated rings. The summed E-state index contributed by atoms with van der Waals surface area (Å²) in [5.74, 6) is -5.86. The van der Waals surface area contributed by atoms with Crippen molar-refractivity contribution in [3.63, 3.8) is 0 Å². The SMILES string of the molecule is C=C1C[C@H](OC(C)=O)[C@H](OC(C)=O)[C@@]2(C)[C@H]1[C@H](OC(C)=O)[C@@]13O[C@@H](C(=C)[C@H](Cl)[C@@H]1OC(=O)[C@@H]3C)[C@@H](O)[C@@H]2OC(C)=O. The molecule has 1 spiro atoms. The van der Waals surface area contributed by atoms with Crippen LogP contribution in [0.5, 0.6) is 0 Å². The molecule has 41 heavy (non-hydrogen) atoms. The van der Waals surface area contributed by atoms with Gasteiger partial charge in [-0.3, -0.25) is 24.0 Å². The van der Waals surface area contributed by atoms with E-state index in [0.717, 1.165) is 20.8 Å². The lowest BCUT2D eigenvalue weighted by Crippen LogP contribution is -2.76. The molecule has 0 aromatic rings. The summed E-state index contributed by atoms with van der Waals surface area (Å²) in [4.78, 5) is 62.9. The third-order valence-corrected chi connectivity index (χ3v) is 9.24. The maximum Gasteiger partial charge on any atom is 0.312 e. The molecule has 0 aromatic carbocycles. The van der Waals surface area contributed by atoms with Gasteiger partial charge >= 0.3 is 29.8 Å². The Morgan fingerprint density at radius 1 is 0.927 bits per heavy atom. The number of halogens is 1. The number of ether oxygens (including phenoxy) is 6. The lowest BCUT2D eigenvalue weighted by Gasteiger charge is -2.62. The van der Waals surface area contributed by atoms with Crippen LogP contribution < -0.4 is 0 Å². The number of hydrogen-bond acceptors (Lipinski definition) is 12. The number of hydrogen-bond donors (Lipinski definition) is 1. The van der Waals surface area contributed by atoms with Crippen molar-refractivity contribution < 1.29 is 57.5 Å². The summed E-state index contributed by atoms with van der Waals surface area (Å²) in [6, 6.07) is 0. The van der Waals surface area contributed by atoms with Gasteiger partial charge in [-0.15, -0.1) is 11.6 Å². The van der Waals surface area contributed by atoms with Crippen LogP contribution in [0.3, 0.4) is 0 Å². The lowest BCUT2D eigenvalue weighted by molar-refractivity contribution is -0.298. The highest BCUT2D eigenvalue weighted by Crippen LogP contribution is 2.61. The minimum atomic E-state index is -1.77. The number of aliphatic hydroxyl groups excluding tert-OH is 1. The van der Waals surface area contributed by atoms with Crippen LogP contribution in [0.25, 0.3) is 0 Å². The molecule has 4 rings (SSSR count). The number of aliphatic hydroxyl groups is 1. The van der Waals surface area contributed by atoms with Gasteiger partial charge in [0.25, 0.3) is 0 Å². The molecule has 0 unspecified atom stereocenters. The van der Waals surface area contributed by atoms with Crippen LogP contribution in [-0.4, -0.2) is 88.7 Å². The van der Waals surface area contributed by atoms with E-state index in [2.05, 4.69) is 13.2 Å². The Hall–Kier alpha value is -2.96. The van der Waals surface area contributed by atoms with Crippen molar-refractivity contribution >= 4 is 41.4 Å². The lowest BCUT2D eigenvalue weighted by atomic mass is 9.52. The number of carbonyl (C=O) groups excluding carboxylic acids is 5. The van der Waals surface area contributed by atoms with Gasteiger partial charge in [-0.05, 0) is 12.5 Å². The largest absolute Gasteiger partial charge is 0.459 e. The van der Waals surface area contributed by atoms with Gasteiger partial charge in [-0.25, -0.2) is 0 Å². The quantitative estimate of drug-likeness (QED) is 0.215. The monoisotopic (exact) mass is 598 g/mol. The van der Waals surface area contributed by atoms with Gasteiger partial charge in [-0.2, -0.15) is 0 Å². The summed E-state index contributed by atoms with van der Waals surface area (Å²) < 4.78 is 35.2. The van der Waals surface area contributed by atoms with Gasteiger partial charge in [0, 0.05) is 40.0 Å². The van der Waals surface area contributed by atoms with E-state index >= 15 is 0 Å². The Balaban J connectivity index is 2.09. The van der Waals surface area contributed by atoms with Crippen molar-refractivity contribution in [2.24, 2.45) is 17.3 Å². The molecule has 2 bridgehead atoms. The number of fused-ring (bicyclic) bond motifs is 2. The Morgan fingerprint density at radius 2 is 1.44 bits per heavy atom. The molecule has 0 radical (unpaired) electrons. The van der Waals surface area contributed by atoms with Gasteiger partial charge < -0.3 is 33.5 Å². The topological polar surface area (TPSA) is 161 Å². The zero-order valence-electron chi connectivity index (χ0n) is 23.7. The fourth-order valence-electron chi connectivity index (χ4n) is 7.21. The highest BCUT2D eigenvalue weighted by molar-refractivity contribution is 6.23. The van der Waals surface area contributed by atoms with Gasteiger partial charge in [0.1, 0.15) is 36.6 Å². The van der Waals surface area contributed by atoms with Crippen molar-refractivity contribution in [2.45, 2.75) is 102 Å². The average Bonchev–Trinajstić information content (AvgIpc) is 3.10. The van der Waals surface area contributed by atoms with Crippen LogP contribution in [0.4, 0.5) is 0 Å². The van der Waals surface area contributed by atoms with E-state index in [1.807, 2.05) is 0 Å². The van der Waals surface area contributed by atoms with Crippen molar-refractivity contribution in [3.8, 4) is 0 Å². The Labute approximate surface area is 242 Å². The fourth-order valence-corrected chi connectivity index (χ4v) is 7.58. The van der Waals surface area contributed by atoms with Crippen LogP contribution in [0.2, 0.25) is 0 Å². The first-order valence-electron chi connectivity index (χ1n) is 13.2. The maximum absolute atomic E-state index is 13.1. The molecule has 3 aliphatic heterocycles. The molecule has 0 aromatic heterocycles. The first-order valence-corrected chi connectivity index (χ1v) is 13.7. The molecule has 13 heteroatoms. The summed E-state index contributed by atoms with van der Waals surface area (Å²) in [5.41, 5.74) is -3.00. The van der Waals surface area contributed by atoms with Gasteiger partial charge in [0.05, 0.1) is 16.7 Å². The molecule has 1 aliphatic carbocycles. The van der Waals surface area contributed by atoms with E-state index in [4.69, 9.17) is 40.0 Å². The molecule has 3 heterocycles. The minimum Gasteiger partial charge on any atom is -0.459 e. The molecule has 1 N–H and O–H groups in total. The Bertz CT molecular complexity index is 1200. The predicted molar refractivity (Wildman–Crippen MR) is 139 cm³/mol. The number of carbonyl (C=O) groups is 5. The van der Waals surface area contributed by atoms with Crippen LogP contribution in [0.1, 0.15) is 48.0 Å². The van der Waals surface area contributed by atoms with Crippen molar-refractivity contribution in [1.29, 1.82) is 0 Å². The summed E-state index contributed by atoms with van der Waals surface area (Å²) in [6.45, 7) is 15.9. The molecule has 3 saturated heterocycles. The zero-order valence-corrected chi connectivity index (χ0v) is 24.5. The first-order chi connectivity index (χ1) is 19.0. The van der Waals surface area contributed by atoms with Gasteiger partial charge in [0.15, 0.2) is 11.7 Å². The highest BCUT2D eigenvalue weighted by atomic mass is 35.5. The third kappa shape index (κ3) is 4.73. The summed E-state index contributed by atoms with van der Waals surface area (Å²) in [7, 11) is 0. The second-order valence-corrected chi connectivity index (χ2v) is 11.9. The third-order valence-electron chi connectivity index (χ3n) is 8.74. The predicted octanol–water partition coefficient (Wildman–Crippen LogP) is 1.53. The first kappa shape index (κ1) is 31.0. The van der Waals surface area contributed by atoms with Crippen molar-refractivity contribution in [1.82, 2.24) is 0 Å². The minimum absolute atomic E-state index is 0.0667. The normalized spacial score (nSPS) is 43.4. The van der Waals surface area contributed by atoms with Crippen molar-refractivity contribution in [3.05, 3.63) is 24.3 Å². The molecule has 1 saturated carbocycles. The highest BCUT2D eigenvalue weighted by Gasteiger charge is 2.76. The Kier molecular flexibility index (Phi) is 8.09. The Morgan fingerprint density at radius 3 is 1.98 bits per heavy atom. The molecular formula is C28H35ClO12. The van der Waals surface area contributed by atoms with E-state index in [1.165, 1.54) is 13.8 Å². The summed E-state index contributed by atoms with van der Waals surface area (Å²) in [5, 5.41) is 10.8. The van der Waals surface area contributed by atoms with Crippen LogP contribution in [0, 0.1) is 17.3 Å².